The number of nitrogens with one attached hydrogen (secondary N) is 2. The number of likely N-dealkylation sites (N-methyl/N-ethyl adjacent to an activating group) is 1. The molecule has 1 heterocycles. The number of hydrogen-bond acceptors (Lipinski definition) is 4. The number of guanidine groups is 1. The first-order chi connectivity index (χ1) is 11.5. The van der Waals surface area contributed by atoms with Gasteiger partial charge in [-0.05, 0) is 12.8 Å². The number of amides is 1. The molecule has 0 atom stereocenters. The summed E-state index contributed by atoms with van der Waals surface area (Å²) in [6, 6.07) is 0.443. The molecule has 2 aliphatic rings. The summed E-state index contributed by atoms with van der Waals surface area (Å²) in [7, 11) is 5.25. The molecule has 1 saturated heterocycles. The molecule has 7 heteroatoms. The van der Waals surface area contributed by atoms with Crippen molar-refractivity contribution in [1.29, 1.82) is 0 Å². The third-order valence-electron chi connectivity index (χ3n) is 4.98. The van der Waals surface area contributed by atoms with Gasteiger partial charge in [0.2, 0.25) is 5.91 Å². The third-order valence-corrected chi connectivity index (χ3v) is 4.98. The highest BCUT2D eigenvalue weighted by atomic mass is 16.5. The zero-order valence-electron chi connectivity index (χ0n) is 15.3. The van der Waals surface area contributed by atoms with Crippen molar-refractivity contribution in [2.45, 2.75) is 50.2 Å². The van der Waals surface area contributed by atoms with E-state index < -0.39 is 0 Å². The Hall–Kier alpha value is -1.34. The lowest BCUT2D eigenvalue weighted by Gasteiger charge is -2.36. The summed E-state index contributed by atoms with van der Waals surface area (Å²) < 4.78 is 11.2. The molecule has 7 nitrogen and oxygen atoms in total. The zero-order chi connectivity index (χ0) is 17.4. The smallest absolute Gasteiger partial charge is 0.243 e. The van der Waals surface area contributed by atoms with Crippen molar-refractivity contribution < 1.29 is 14.3 Å². The van der Waals surface area contributed by atoms with E-state index in [0.29, 0.717) is 18.5 Å². The van der Waals surface area contributed by atoms with Gasteiger partial charge in [-0.2, -0.15) is 0 Å². The second kappa shape index (κ2) is 9.22. The molecule has 1 saturated carbocycles. The summed E-state index contributed by atoms with van der Waals surface area (Å²) in [5.74, 6) is 0.704. The first kappa shape index (κ1) is 19.0. The SMILES string of the molecule is COC1(CNC(=NCC(=O)N(C)C)NC2CCCC2)CCOCC1. The van der Waals surface area contributed by atoms with Gasteiger partial charge < -0.3 is 25.0 Å². The van der Waals surface area contributed by atoms with Crippen LogP contribution in [0.3, 0.4) is 0 Å². The lowest BCUT2D eigenvalue weighted by Crippen LogP contribution is -2.52. The predicted octanol–water partition coefficient (Wildman–Crippen LogP) is 0.748. The Labute approximate surface area is 145 Å². The van der Waals surface area contributed by atoms with Crippen molar-refractivity contribution >= 4 is 11.9 Å². The van der Waals surface area contributed by atoms with Crippen molar-refractivity contribution in [2.24, 2.45) is 4.99 Å². The van der Waals surface area contributed by atoms with Crippen molar-refractivity contribution in [1.82, 2.24) is 15.5 Å². The van der Waals surface area contributed by atoms with E-state index in [1.54, 1.807) is 26.1 Å². The normalized spacial score (nSPS) is 21.5. The molecule has 0 aromatic rings. The lowest BCUT2D eigenvalue weighted by atomic mass is 9.94. The standard InChI is InChI=1S/C17H32N4O3/c1-21(2)15(22)12-18-16(20-14-6-4-5-7-14)19-13-17(23-3)8-10-24-11-9-17/h14H,4-13H2,1-3H3,(H2,18,19,20). The Morgan fingerprint density at radius 3 is 2.54 bits per heavy atom. The van der Waals surface area contributed by atoms with Crippen molar-refractivity contribution in [2.75, 3.05) is 47.5 Å². The van der Waals surface area contributed by atoms with Crippen LogP contribution in [0.25, 0.3) is 0 Å². The van der Waals surface area contributed by atoms with E-state index in [1.165, 1.54) is 12.8 Å². The van der Waals surface area contributed by atoms with Gasteiger partial charge in [-0.3, -0.25) is 4.79 Å². The highest BCUT2D eigenvalue weighted by Gasteiger charge is 2.32. The predicted molar refractivity (Wildman–Crippen MR) is 94.2 cm³/mol. The van der Waals surface area contributed by atoms with Gasteiger partial charge in [0.15, 0.2) is 5.96 Å². The molecular weight excluding hydrogens is 308 g/mol. The number of hydrogen-bond donors (Lipinski definition) is 2. The monoisotopic (exact) mass is 340 g/mol. The van der Waals surface area contributed by atoms with Gasteiger partial charge in [0.05, 0.1) is 5.60 Å². The maximum atomic E-state index is 11.8. The fourth-order valence-electron chi connectivity index (χ4n) is 3.15. The van der Waals surface area contributed by atoms with E-state index in [4.69, 9.17) is 9.47 Å². The molecule has 0 aromatic heterocycles. The minimum absolute atomic E-state index is 0.00459. The highest BCUT2D eigenvalue weighted by molar-refractivity contribution is 5.85. The average molecular weight is 340 g/mol. The Balaban J connectivity index is 1.95. The Kier molecular flexibility index (Phi) is 7.30. The zero-order valence-corrected chi connectivity index (χ0v) is 15.3. The van der Waals surface area contributed by atoms with Crippen molar-refractivity contribution in [3.05, 3.63) is 0 Å². The van der Waals surface area contributed by atoms with E-state index in [0.717, 1.165) is 38.9 Å². The van der Waals surface area contributed by atoms with Crippen LogP contribution >= 0.6 is 0 Å². The lowest BCUT2D eigenvalue weighted by molar-refractivity contribution is -0.127. The largest absolute Gasteiger partial charge is 0.381 e. The van der Waals surface area contributed by atoms with Crippen LogP contribution in [-0.2, 0) is 14.3 Å². The summed E-state index contributed by atoms with van der Waals surface area (Å²) in [6.45, 7) is 2.26. The molecule has 0 spiro atoms. The number of nitrogens with zero attached hydrogens (tertiary/aromatic N) is 2. The molecule has 0 aromatic carbocycles. The maximum Gasteiger partial charge on any atom is 0.243 e. The second-order valence-corrected chi connectivity index (χ2v) is 6.93. The van der Waals surface area contributed by atoms with Crippen molar-refractivity contribution in [3.8, 4) is 0 Å². The summed E-state index contributed by atoms with van der Waals surface area (Å²) >= 11 is 0. The van der Waals surface area contributed by atoms with Crippen LogP contribution in [0.2, 0.25) is 0 Å². The Bertz CT molecular complexity index is 428. The summed E-state index contributed by atoms with van der Waals surface area (Å²) in [5, 5.41) is 6.86. The molecule has 2 fully saturated rings. The molecule has 1 aliphatic carbocycles. The van der Waals surface area contributed by atoms with Crippen LogP contribution in [0, 0.1) is 0 Å². The van der Waals surface area contributed by atoms with Gasteiger partial charge in [-0.25, -0.2) is 4.99 Å². The third kappa shape index (κ3) is 5.63. The topological polar surface area (TPSA) is 75.2 Å². The molecule has 0 unspecified atom stereocenters. The quantitative estimate of drug-likeness (QED) is 0.551. The molecule has 0 bridgehead atoms. The number of rotatable bonds is 6. The van der Waals surface area contributed by atoms with E-state index in [2.05, 4.69) is 15.6 Å². The van der Waals surface area contributed by atoms with Gasteiger partial charge in [0, 0.05) is 59.8 Å². The van der Waals surface area contributed by atoms with Gasteiger partial charge >= 0.3 is 0 Å². The van der Waals surface area contributed by atoms with Crippen molar-refractivity contribution in [3.63, 3.8) is 0 Å². The van der Waals surface area contributed by atoms with Crippen LogP contribution in [0.15, 0.2) is 4.99 Å². The molecule has 138 valence electrons. The molecule has 1 aliphatic heterocycles. The molecule has 1 amide bonds. The fraction of sp³-hybridized carbons (Fsp3) is 0.882. The first-order valence-corrected chi connectivity index (χ1v) is 8.92. The second-order valence-electron chi connectivity index (χ2n) is 6.93. The van der Waals surface area contributed by atoms with Gasteiger partial charge in [-0.15, -0.1) is 0 Å². The number of carbonyl (C=O) groups is 1. The van der Waals surface area contributed by atoms with Crippen LogP contribution < -0.4 is 10.6 Å². The van der Waals surface area contributed by atoms with E-state index in [1.807, 2.05) is 0 Å². The Morgan fingerprint density at radius 2 is 1.96 bits per heavy atom. The van der Waals surface area contributed by atoms with Crippen LogP contribution in [-0.4, -0.2) is 75.9 Å². The van der Waals surface area contributed by atoms with E-state index in [9.17, 15) is 4.79 Å². The summed E-state index contributed by atoms with van der Waals surface area (Å²) in [4.78, 5) is 17.9. The van der Waals surface area contributed by atoms with Crippen LogP contribution in [0.5, 0.6) is 0 Å². The first-order valence-electron chi connectivity index (χ1n) is 8.92. The maximum absolute atomic E-state index is 11.8. The summed E-state index contributed by atoms with van der Waals surface area (Å²) in [6.07, 6.45) is 6.55. The van der Waals surface area contributed by atoms with E-state index >= 15 is 0 Å². The van der Waals surface area contributed by atoms with E-state index in [-0.39, 0.29) is 18.1 Å². The minimum atomic E-state index is -0.220. The van der Waals surface area contributed by atoms with Crippen LogP contribution in [0.1, 0.15) is 38.5 Å². The van der Waals surface area contributed by atoms with Gasteiger partial charge in [0.1, 0.15) is 6.54 Å². The molecule has 0 radical (unpaired) electrons. The Morgan fingerprint density at radius 1 is 1.29 bits per heavy atom. The number of carbonyl (C=O) groups excluding carboxylic acids is 1. The number of methoxy groups -OCH3 is 1. The minimum Gasteiger partial charge on any atom is -0.381 e. The highest BCUT2D eigenvalue weighted by Crippen LogP contribution is 2.23. The molecule has 24 heavy (non-hydrogen) atoms. The fourth-order valence-corrected chi connectivity index (χ4v) is 3.15. The van der Waals surface area contributed by atoms with Gasteiger partial charge in [-0.1, -0.05) is 12.8 Å². The number of ether oxygens (including phenoxy) is 2. The molecular formula is C17H32N4O3. The van der Waals surface area contributed by atoms with Crippen LogP contribution in [0.4, 0.5) is 0 Å². The molecule has 2 N–H and O–H groups in total. The summed E-state index contributed by atoms with van der Waals surface area (Å²) in [5.41, 5.74) is -0.220. The number of aliphatic imine (C=N–C) groups is 1. The average Bonchev–Trinajstić information content (AvgIpc) is 3.10. The molecule has 2 rings (SSSR count). The van der Waals surface area contributed by atoms with Gasteiger partial charge in [0.25, 0.3) is 0 Å².